The van der Waals surface area contributed by atoms with Gasteiger partial charge in [-0.3, -0.25) is 0 Å². The molecule has 0 aliphatic heterocycles. The minimum atomic E-state index is 0.477. The van der Waals surface area contributed by atoms with Crippen LogP contribution in [-0.4, -0.2) is 0 Å². The summed E-state index contributed by atoms with van der Waals surface area (Å²) < 4.78 is 0. The van der Waals surface area contributed by atoms with E-state index in [1.165, 1.54) is 12.0 Å². The smallest absolute Gasteiger partial charge is 0.0441 e. The first-order chi connectivity index (χ1) is 5.61. The summed E-state index contributed by atoms with van der Waals surface area (Å²) in [5.41, 5.74) is 1.80. The van der Waals surface area contributed by atoms with E-state index in [-0.39, 0.29) is 0 Å². The van der Waals surface area contributed by atoms with Crippen molar-refractivity contribution in [2.75, 3.05) is 0 Å². The van der Waals surface area contributed by atoms with Crippen molar-refractivity contribution in [3.63, 3.8) is 0 Å². The van der Waals surface area contributed by atoms with Crippen LogP contribution < -0.4 is 0 Å². The molecule has 12 heavy (non-hydrogen) atoms. The SMILES string of the molecule is CC1(C)CC1c1ccccc1Cl. The first-order valence-electron chi connectivity index (χ1n) is 4.36. The Bertz CT molecular complexity index is 302. The summed E-state index contributed by atoms with van der Waals surface area (Å²) in [4.78, 5) is 0. The van der Waals surface area contributed by atoms with Gasteiger partial charge in [0.15, 0.2) is 0 Å². The Morgan fingerprint density at radius 2 is 1.92 bits per heavy atom. The minimum Gasteiger partial charge on any atom is -0.0840 e. The highest BCUT2D eigenvalue weighted by atomic mass is 35.5. The minimum absolute atomic E-state index is 0.477. The lowest BCUT2D eigenvalue weighted by Gasteiger charge is -2.04. The first-order valence-corrected chi connectivity index (χ1v) is 4.73. The molecule has 2 rings (SSSR count). The Morgan fingerprint density at radius 3 is 2.42 bits per heavy atom. The third-order valence-corrected chi connectivity index (χ3v) is 3.14. The van der Waals surface area contributed by atoms with Crippen molar-refractivity contribution in [2.45, 2.75) is 26.2 Å². The average molecular weight is 181 g/mol. The number of hydrogen-bond acceptors (Lipinski definition) is 0. The molecule has 0 bridgehead atoms. The zero-order chi connectivity index (χ0) is 8.77. The summed E-state index contributed by atoms with van der Waals surface area (Å²) in [6, 6.07) is 8.17. The van der Waals surface area contributed by atoms with Crippen molar-refractivity contribution < 1.29 is 0 Å². The van der Waals surface area contributed by atoms with Gasteiger partial charge in [0.1, 0.15) is 0 Å². The Kier molecular flexibility index (Phi) is 1.69. The van der Waals surface area contributed by atoms with Crippen LogP contribution in [0.5, 0.6) is 0 Å². The van der Waals surface area contributed by atoms with Gasteiger partial charge in [-0.25, -0.2) is 0 Å². The van der Waals surface area contributed by atoms with Gasteiger partial charge in [0, 0.05) is 5.02 Å². The van der Waals surface area contributed by atoms with Crippen LogP contribution in [0.4, 0.5) is 0 Å². The van der Waals surface area contributed by atoms with Gasteiger partial charge in [-0.05, 0) is 29.4 Å². The maximum Gasteiger partial charge on any atom is 0.0441 e. The molecular weight excluding hydrogens is 168 g/mol. The number of hydrogen-bond donors (Lipinski definition) is 0. The van der Waals surface area contributed by atoms with Crippen LogP contribution in [0.2, 0.25) is 5.02 Å². The van der Waals surface area contributed by atoms with E-state index < -0.39 is 0 Å². The van der Waals surface area contributed by atoms with Crippen LogP contribution >= 0.6 is 11.6 Å². The molecule has 1 aliphatic rings. The molecule has 0 spiro atoms. The first kappa shape index (κ1) is 8.12. The number of halogens is 1. The van der Waals surface area contributed by atoms with Crippen LogP contribution in [0.15, 0.2) is 24.3 Å². The Balaban J connectivity index is 2.31. The molecule has 1 aromatic carbocycles. The molecular formula is C11H13Cl. The van der Waals surface area contributed by atoms with Crippen molar-refractivity contribution in [1.29, 1.82) is 0 Å². The van der Waals surface area contributed by atoms with Crippen molar-refractivity contribution in [3.05, 3.63) is 34.9 Å². The number of rotatable bonds is 1. The zero-order valence-corrected chi connectivity index (χ0v) is 8.23. The molecule has 1 atom stereocenters. The van der Waals surface area contributed by atoms with Crippen molar-refractivity contribution >= 4 is 11.6 Å². The topological polar surface area (TPSA) is 0 Å². The lowest BCUT2D eigenvalue weighted by atomic mass is 10.0. The summed E-state index contributed by atoms with van der Waals surface area (Å²) in [5.74, 6) is 0.686. The van der Waals surface area contributed by atoms with Crippen LogP contribution in [0, 0.1) is 5.41 Å². The summed E-state index contributed by atoms with van der Waals surface area (Å²) in [7, 11) is 0. The van der Waals surface area contributed by atoms with Crippen LogP contribution in [0.3, 0.4) is 0 Å². The van der Waals surface area contributed by atoms with Crippen LogP contribution in [-0.2, 0) is 0 Å². The fraction of sp³-hybridized carbons (Fsp3) is 0.455. The molecule has 0 nitrogen and oxygen atoms in total. The van der Waals surface area contributed by atoms with Gasteiger partial charge in [0.25, 0.3) is 0 Å². The lowest BCUT2D eigenvalue weighted by Crippen LogP contribution is -1.90. The van der Waals surface area contributed by atoms with Gasteiger partial charge >= 0.3 is 0 Å². The molecule has 0 radical (unpaired) electrons. The maximum absolute atomic E-state index is 6.09. The van der Waals surface area contributed by atoms with Crippen LogP contribution in [0.1, 0.15) is 31.7 Å². The van der Waals surface area contributed by atoms with E-state index in [1.807, 2.05) is 12.1 Å². The van der Waals surface area contributed by atoms with E-state index in [2.05, 4.69) is 26.0 Å². The zero-order valence-electron chi connectivity index (χ0n) is 7.47. The molecule has 1 aromatic rings. The Morgan fingerprint density at radius 1 is 1.33 bits per heavy atom. The molecule has 0 heterocycles. The lowest BCUT2D eigenvalue weighted by molar-refractivity contribution is 0.622. The predicted molar refractivity (Wildman–Crippen MR) is 52.6 cm³/mol. The molecule has 1 fully saturated rings. The summed E-state index contributed by atoms with van der Waals surface area (Å²) in [5, 5.41) is 0.924. The number of benzene rings is 1. The fourth-order valence-corrected chi connectivity index (χ4v) is 2.02. The van der Waals surface area contributed by atoms with E-state index in [1.54, 1.807) is 0 Å². The monoisotopic (exact) mass is 180 g/mol. The van der Waals surface area contributed by atoms with Gasteiger partial charge in [-0.1, -0.05) is 43.6 Å². The maximum atomic E-state index is 6.09. The normalized spacial score (nSPS) is 25.4. The quantitative estimate of drug-likeness (QED) is 0.616. The molecule has 64 valence electrons. The van der Waals surface area contributed by atoms with E-state index in [4.69, 9.17) is 11.6 Å². The highest BCUT2D eigenvalue weighted by Crippen LogP contribution is 2.59. The molecule has 1 aliphatic carbocycles. The highest BCUT2D eigenvalue weighted by Gasteiger charge is 2.47. The van der Waals surface area contributed by atoms with Crippen molar-refractivity contribution in [1.82, 2.24) is 0 Å². The van der Waals surface area contributed by atoms with E-state index in [0.29, 0.717) is 11.3 Å². The largest absolute Gasteiger partial charge is 0.0840 e. The summed E-state index contributed by atoms with van der Waals surface area (Å²) >= 11 is 6.09. The molecule has 1 heteroatoms. The Labute approximate surface area is 78.6 Å². The molecule has 0 saturated heterocycles. The summed E-state index contributed by atoms with van der Waals surface area (Å²) in [6.07, 6.45) is 1.27. The van der Waals surface area contributed by atoms with Crippen LogP contribution in [0.25, 0.3) is 0 Å². The van der Waals surface area contributed by atoms with Gasteiger partial charge in [0.2, 0.25) is 0 Å². The van der Waals surface area contributed by atoms with E-state index in [9.17, 15) is 0 Å². The molecule has 1 unspecified atom stereocenters. The predicted octanol–water partition coefficient (Wildman–Crippen LogP) is 3.85. The molecule has 1 saturated carbocycles. The van der Waals surface area contributed by atoms with E-state index in [0.717, 1.165) is 5.02 Å². The highest BCUT2D eigenvalue weighted by molar-refractivity contribution is 6.31. The molecule has 0 aromatic heterocycles. The van der Waals surface area contributed by atoms with Crippen molar-refractivity contribution in [2.24, 2.45) is 5.41 Å². The van der Waals surface area contributed by atoms with Crippen molar-refractivity contribution in [3.8, 4) is 0 Å². The fourth-order valence-electron chi connectivity index (χ4n) is 1.76. The second-order valence-electron chi connectivity index (χ2n) is 4.27. The molecule has 0 N–H and O–H groups in total. The third-order valence-electron chi connectivity index (χ3n) is 2.79. The second-order valence-corrected chi connectivity index (χ2v) is 4.67. The van der Waals surface area contributed by atoms with Gasteiger partial charge < -0.3 is 0 Å². The van der Waals surface area contributed by atoms with Gasteiger partial charge in [0.05, 0.1) is 0 Å². The second kappa shape index (κ2) is 2.50. The standard InChI is InChI=1S/C11H13Cl/c1-11(2)7-9(11)8-5-3-4-6-10(8)12/h3-6,9H,7H2,1-2H3. The van der Waals surface area contributed by atoms with Gasteiger partial charge in [-0.2, -0.15) is 0 Å². The summed E-state index contributed by atoms with van der Waals surface area (Å²) in [6.45, 7) is 4.59. The average Bonchev–Trinajstić information content (AvgIpc) is 2.61. The van der Waals surface area contributed by atoms with E-state index >= 15 is 0 Å². The van der Waals surface area contributed by atoms with Gasteiger partial charge in [-0.15, -0.1) is 0 Å². The Hall–Kier alpha value is -0.490. The molecule has 0 amide bonds. The third kappa shape index (κ3) is 1.25.